The quantitative estimate of drug-likeness (QED) is 0.845. The van der Waals surface area contributed by atoms with Gasteiger partial charge in [0.15, 0.2) is 0 Å². The Morgan fingerprint density at radius 2 is 2.43 bits per heavy atom. The van der Waals surface area contributed by atoms with Crippen molar-refractivity contribution >= 4 is 22.9 Å². The van der Waals surface area contributed by atoms with Crippen molar-refractivity contribution in [3.8, 4) is 0 Å². The largest absolute Gasteiger partial charge is 0.392 e. The molecule has 1 aliphatic heterocycles. The van der Waals surface area contributed by atoms with E-state index in [9.17, 15) is 5.11 Å². The van der Waals surface area contributed by atoms with Crippen LogP contribution < -0.4 is 0 Å². The first-order valence-corrected chi connectivity index (χ1v) is 6.08. The fraction of sp³-hybridized carbons (Fsp3) is 0.600. The minimum Gasteiger partial charge on any atom is -0.392 e. The zero-order valence-corrected chi connectivity index (χ0v) is 9.52. The summed E-state index contributed by atoms with van der Waals surface area (Å²) in [5.74, 6) is 0. The maximum absolute atomic E-state index is 9.50. The van der Waals surface area contributed by atoms with Gasteiger partial charge in [-0.05, 0) is 31.5 Å². The number of halogens is 1. The lowest BCUT2D eigenvalue weighted by Gasteiger charge is -2.29. The van der Waals surface area contributed by atoms with E-state index in [-0.39, 0.29) is 6.10 Å². The lowest BCUT2D eigenvalue weighted by molar-refractivity contribution is 0.0673. The summed E-state index contributed by atoms with van der Waals surface area (Å²) in [5, 5.41) is 9.50. The van der Waals surface area contributed by atoms with Gasteiger partial charge in [-0.3, -0.25) is 4.90 Å². The molecule has 0 unspecified atom stereocenters. The first-order chi connectivity index (χ1) is 6.74. The van der Waals surface area contributed by atoms with Crippen LogP contribution in [0.5, 0.6) is 0 Å². The van der Waals surface area contributed by atoms with Crippen molar-refractivity contribution in [2.24, 2.45) is 0 Å². The predicted octanol–water partition coefficient (Wildman–Crippen LogP) is 2.36. The second kappa shape index (κ2) is 4.62. The highest BCUT2D eigenvalue weighted by molar-refractivity contribution is 7.16. The molecule has 1 fully saturated rings. The Morgan fingerprint density at radius 3 is 3.07 bits per heavy atom. The number of rotatable bonds is 2. The van der Waals surface area contributed by atoms with Crippen LogP contribution in [0.4, 0.5) is 0 Å². The van der Waals surface area contributed by atoms with Gasteiger partial charge in [0.05, 0.1) is 10.4 Å². The fourth-order valence-electron chi connectivity index (χ4n) is 1.83. The maximum Gasteiger partial charge on any atom is 0.0931 e. The molecule has 1 atom stereocenters. The molecule has 2 nitrogen and oxygen atoms in total. The van der Waals surface area contributed by atoms with Crippen LogP contribution in [0.2, 0.25) is 4.34 Å². The molecule has 2 rings (SSSR count). The third-order valence-electron chi connectivity index (χ3n) is 2.49. The third kappa shape index (κ3) is 2.70. The van der Waals surface area contributed by atoms with Crippen LogP contribution in [0, 0.1) is 0 Å². The van der Waals surface area contributed by atoms with E-state index in [4.69, 9.17) is 11.6 Å². The molecule has 1 N–H and O–H groups in total. The molecule has 0 bridgehead atoms. The Labute approximate surface area is 93.1 Å². The van der Waals surface area contributed by atoms with Crippen LogP contribution in [0.25, 0.3) is 0 Å². The smallest absolute Gasteiger partial charge is 0.0931 e. The average Bonchev–Trinajstić information content (AvgIpc) is 2.51. The van der Waals surface area contributed by atoms with Crippen LogP contribution in [0.15, 0.2) is 12.1 Å². The van der Waals surface area contributed by atoms with E-state index in [1.165, 1.54) is 4.88 Å². The minimum absolute atomic E-state index is 0.140. The molecule has 4 heteroatoms. The van der Waals surface area contributed by atoms with Crippen molar-refractivity contribution < 1.29 is 5.11 Å². The van der Waals surface area contributed by atoms with Gasteiger partial charge in [0.1, 0.15) is 0 Å². The minimum atomic E-state index is -0.140. The topological polar surface area (TPSA) is 23.5 Å². The van der Waals surface area contributed by atoms with Crippen molar-refractivity contribution in [3.05, 3.63) is 21.3 Å². The van der Waals surface area contributed by atoms with Gasteiger partial charge in [-0.25, -0.2) is 0 Å². The van der Waals surface area contributed by atoms with Crippen LogP contribution in [0.1, 0.15) is 17.7 Å². The number of piperidine rings is 1. The summed E-state index contributed by atoms with van der Waals surface area (Å²) in [7, 11) is 0. The number of hydrogen-bond acceptors (Lipinski definition) is 3. The first-order valence-electron chi connectivity index (χ1n) is 4.88. The maximum atomic E-state index is 9.50. The normalized spacial score (nSPS) is 24.0. The van der Waals surface area contributed by atoms with E-state index in [0.717, 1.165) is 36.8 Å². The second-order valence-electron chi connectivity index (χ2n) is 3.74. The van der Waals surface area contributed by atoms with Crippen molar-refractivity contribution in [2.45, 2.75) is 25.5 Å². The SMILES string of the molecule is O[C@H]1CCCN(Cc2ccc(Cl)s2)C1. The Balaban J connectivity index is 1.90. The van der Waals surface area contributed by atoms with Gasteiger partial charge in [0.2, 0.25) is 0 Å². The molecular weight excluding hydrogens is 218 g/mol. The summed E-state index contributed by atoms with van der Waals surface area (Å²) in [6, 6.07) is 4.00. The molecule has 1 aromatic heterocycles. The Hall–Kier alpha value is -0.0900. The fourth-order valence-corrected chi connectivity index (χ4v) is 2.96. The van der Waals surface area contributed by atoms with Crippen molar-refractivity contribution in [2.75, 3.05) is 13.1 Å². The van der Waals surface area contributed by atoms with Crippen LogP contribution in [-0.2, 0) is 6.54 Å². The van der Waals surface area contributed by atoms with E-state index < -0.39 is 0 Å². The van der Waals surface area contributed by atoms with Crippen molar-refractivity contribution in [1.29, 1.82) is 0 Å². The summed E-state index contributed by atoms with van der Waals surface area (Å²) in [6.07, 6.45) is 1.90. The molecule has 14 heavy (non-hydrogen) atoms. The Morgan fingerprint density at radius 1 is 1.57 bits per heavy atom. The number of thiophene rings is 1. The van der Waals surface area contributed by atoms with E-state index in [1.54, 1.807) is 11.3 Å². The lowest BCUT2D eigenvalue weighted by Crippen LogP contribution is -2.37. The van der Waals surface area contributed by atoms with E-state index in [2.05, 4.69) is 11.0 Å². The molecule has 2 heterocycles. The Kier molecular flexibility index (Phi) is 3.44. The molecule has 0 saturated carbocycles. The number of aliphatic hydroxyl groups is 1. The van der Waals surface area contributed by atoms with E-state index >= 15 is 0 Å². The lowest BCUT2D eigenvalue weighted by atomic mass is 10.1. The number of hydrogen-bond donors (Lipinski definition) is 1. The van der Waals surface area contributed by atoms with Gasteiger partial charge in [0.25, 0.3) is 0 Å². The number of β-amino-alcohol motifs (C(OH)–C–C–N with tert-alkyl or cyclic N) is 1. The molecular formula is C10H14ClNOS. The summed E-state index contributed by atoms with van der Waals surface area (Å²) in [5.41, 5.74) is 0. The average molecular weight is 232 g/mol. The molecule has 1 aliphatic rings. The van der Waals surface area contributed by atoms with Crippen molar-refractivity contribution in [3.63, 3.8) is 0 Å². The highest BCUT2D eigenvalue weighted by Gasteiger charge is 2.17. The van der Waals surface area contributed by atoms with E-state index in [0.29, 0.717) is 0 Å². The molecule has 1 aromatic rings. The predicted molar refractivity (Wildman–Crippen MR) is 59.8 cm³/mol. The third-order valence-corrected chi connectivity index (χ3v) is 3.70. The summed E-state index contributed by atoms with van der Waals surface area (Å²) < 4.78 is 0.845. The van der Waals surface area contributed by atoms with E-state index in [1.807, 2.05) is 6.07 Å². The van der Waals surface area contributed by atoms with Crippen LogP contribution in [-0.4, -0.2) is 29.2 Å². The van der Waals surface area contributed by atoms with Crippen molar-refractivity contribution in [1.82, 2.24) is 4.90 Å². The summed E-state index contributed by atoms with van der Waals surface area (Å²) in [4.78, 5) is 3.57. The molecule has 0 aromatic carbocycles. The first kappa shape index (κ1) is 10.4. The van der Waals surface area contributed by atoms with Crippen LogP contribution in [0.3, 0.4) is 0 Å². The summed E-state index contributed by atoms with van der Waals surface area (Å²) >= 11 is 7.48. The highest BCUT2D eigenvalue weighted by Crippen LogP contribution is 2.23. The van der Waals surface area contributed by atoms with Gasteiger partial charge in [-0.15, -0.1) is 11.3 Å². The molecule has 0 spiro atoms. The number of nitrogens with zero attached hydrogens (tertiary/aromatic N) is 1. The van der Waals surface area contributed by atoms with Gasteiger partial charge >= 0.3 is 0 Å². The number of likely N-dealkylation sites (tertiary alicyclic amines) is 1. The van der Waals surface area contributed by atoms with Gasteiger partial charge in [-0.2, -0.15) is 0 Å². The standard InChI is InChI=1S/C10H14ClNOS/c11-10-4-3-9(14-10)7-12-5-1-2-8(13)6-12/h3-4,8,13H,1-2,5-7H2/t8-/m0/s1. The Bertz CT molecular complexity index is 302. The molecule has 1 saturated heterocycles. The van der Waals surface area contributed by atoms with Gasteiger partial charge in [0, 0.05) is 18.0 Å². The van der Waals surface area contributed by atoms with Gasteiger partial charge < -0.3 is 5.11 Å². The second-order valence-corrected chi connectivity index (χ2v) is 5.54. The highest BCUT2D eigenvalue weighted by atomic mass is 35.5. The van der Waals surface area contributed by atoms with Crippen LogP contribution >= 0.6 is 22.9 Å². The monoisotopic (exact) mass is 231 g/mol. The number of aliphatic hydroxyl groups excluding tert-OH is 1. The molecule has 0 radical (unpaired) electrons. The van der Waals surface area contributed by atoms with Gasteiger partial charge in [-0.1, -0.05) is 11.6 Å². The summed E-state index contributed by atoms with van der Waals surface area (Å²) in [6.45, 7) is 2.82. The zero-order chi connectivity index (χ0) is 9.97. The molecule has 78 valence electrons. The molecule has 0 amide bonds. The zero-order valence-electron chi connectivity index (χ0n) is 7.95. The molecule has 0 aliphatic carbocycles.